The first-order valence-electron chi connectivity index (χ1n) is 5.61. The fraction of sp³-hybridized carbons (Fsp3) is 0.143. The Morgan fingerprint density at radius 3 is 2.42 bits per heavy atom. The van der Waals surface area contributed by atoms with Crippen LogP contribution in [0.5, 0.6) is 5.75 Å². The minimum Gasteiger partial charge on any atom is -0.495 e. The summed E-state index contributed by atoms with van der Waals surface area (Å²) < 4.78 is 5.11. The lowest BCUT2D eigenvalue weighted by Gasteiger charge is -2.10. The minimum absolute atomic E-state index is 0.587. The van der Waals surface area contributed by atoms with Crippen LogP contribution in [0.3, 0.4) is 0 Å². The number of methoxy groups -OCH3 is 1. The lowest BCUT2D eigenvalue weighted by molar-refractivity contribution is 0.415. The second kappa shape index (κ2) is 6.38. The number of benzene rings is 2. The van der Waals surface area contributed by atoms with E-state index in [9.17, 15) is 0 Å². The smallest absolute Gasteiger partial charge is 0.137 e. The molecule has 2 aromatic carbocycles. The van der Waals surface area contributed by atoms with E-state index >= 15 is 0 Å². The lowest BCUT2D eigenvalue weighted by atomic mass is 10.2. The van der Waals surface area contributed by atoms with E-state index in [1.54, 1.807) is 19.2 Å². The molecule has 2 rings (SSSR count). The topological polar surface area (TPSA) is 21.3 Å². The molecule has 19 heavy (non-hydrogen) atoms. The Kier molecular flexibility index (Phi) is 4.81. The highest BCUT2D eigenvalue weighted by Crippen LogP contribution is 2.27. The fourth-order valence-corrected chi connectivity index (χ4v) is 2.41. The summed E-state index contributed by atoms with van der Waals surface area (Å²) in [6.07, 6.45) is 0. The van der Waals surface area contributed by atoms with Crippen molar-refractivity contribution in [2.24, 2.45) is 0 Å². The SMILES string of the molecule is COc1ccc(CNc2ccc(Cl)cc2Cl)cc1Cl. The predicted molar refractivity (Wildman–Crippen MR) is 81.8 cm³/mol. The summed E-state index contributed by atoms with van der Waals surface area (Å²) in [7, 11) is 1.59. The van der Waals surface area contributed by atoms with Crippen LogP contribution in [-0.4, -0.2) is 7.11 Å². The van der Waals surface area contributed by atoms with E-state index in [0.717, 1.165) is 11.3 Å². The number of hydrogen-bond donors (Lipinski definition) is 1. The van der Waals surface area contributed by atoms with Gasteiger partial charge in [0.05, 0.1) is 22.8 Å². The first-order valence-corrected chi connectivity index (χ1v) is 6.75. The van der Waals surface area contributed by atoms with E-state index in [2.05, 4.69) is 5.32 Å². The molecule has 0 radical (unpaired) electrons. The van der Waals surface area contributed by atoms with Crippen LogP contribution in [0.1, 0.15) is 5.56 Å². The van der Waals surface area contributed by atoms with Gasteiger partial charge in [-0.15, -0.1) is 0 Å². The molecule has 0 saturated heterocycles. The maximum atomic E-state index is 6.08. The van der Waals surface area contributed by atoms with Crippen molar-refractivity contribution >= 4 is 40.5 Å². The summed E-state index contributed by atoms with van der Waals surface area (Å²) in [5.41, 5.74) is 1.87. The second-order valence-corrected chi connectivity index (χ2v) is 5.20. The fourth-order valence-electron chi connectivity index (χ4n) is 1.65. The van der Waals surface area contributed by atoms with Crippen LogP contribution < -0.4 is 10.1 Å². The number of halogens is 3. The summed E-state index contributed by atoms with van der Waals surface area (Å²) in [4.78, 5) is 0. The van der Waals surface area contributed by atoms with Gasteiger partial charge in [-0.25, -0.2) is 0 Å². The van der Waals surface area contributed by atoms with E-state index < -0.39 is 0 Å². The van der Waals surface area contributed by atoms with Crippen molar-refractivity contribution in [3.05, 3.63) is 57.0 Å². The molecule has 2 nitrogen and oxygen atoms in total. The van der Waals surface area contributed by atoms with Crippen LogP contribution in [0, 0.1) is 0 Å². The second-order valence-electron chi connectivity index (χ2n) is 3.95. The maximum Gasteiger partial charge on any atom is 0.137 e. The highest BCUT2D eigenvalue weighted by Gasteiger charge is 2.04. The molecule has 100 valence electrons. The summed E-state index contributed by atoms with van der Waals surface area (Å²) in [5.74, 6) is 0.662. The van der Waals surface area contributed by atoms with Crippen LogP contribution in [-0.2, 0) is 6.54 Å². The van der Waals surface area contributed by atoms with E-state index in [-0.39, 0.29) is 0 Å². The molecule has 0 amide bonds. The Morgan fingerprint density at radius 2 is 1.79 bits per heavy atom. The van der Waals surface area contributed by atoms with Gasteiger partial charge in [0.1, 0.15) is 5.75 Å². The summed E-state index contributed by atoms with van der Waals surface area (Å²) in [6, 6.07) is 11.0. The van der Waals surface area contributed by atoms with Crippen molar-refractivity contribution < 1.29 is 4.74 Å². The molecule has 2 aromatic rings. The largest absolute Gasteiger partial charge is 0.495 e. The first-order chi connectivity index (χ1) is 9.10. The van der Waals surface area contributed by atoms with Crippen molar-refractivity contribution in [1.82, 2.24) is 0 Å². The highest BCUT2D eigenvalue weighted by atomic mass is 35.5. The number of nitrogens with one attached hydrogen (secondary N) is 1. The first kappa shape index (κ1) is 14.3. The predicted octanol–water partition coefficient (Wildman–Crippen LogP) is 5.27. The molecule has 0 fully saturated rings. The third kappa shape index (κ3) is 3.69. The van der Waals surface area contributed by atoms with Crippen molar-refractivity contribution in [3.63, 3.8) is 0 Å². The monoisotopic (exact) mass is 315 g/mol. The van der Waals surface area contributed by atoms with Gasteiger partial charge < -0.3 is 10.1 Å². The molecule has 0 atom stereocenters. The van der Waals surface area contributed by atoms with E-state index in [4.69, 9.17) is 39.5 Å². The number of anilines is 1. The van der Waals surface area contributed by atoms with E-state index in [0.29, 0.717) is 27.4 Å². The van der Waals surface area contributed by atoms with Gasteiger partial charge in [0, 0.05) is 11.6 Å². The quantitative estimate of drug-likeness (QED) is 0.830. The molecule has 0 aliphatic heterocycles. The number of hydrogen-bond acceptors (Lipinski definition) is 2. The van der Waals surface area contributed by atoms with Gasteiger partial charge in [-0.2, -0.15) is 0 Å². The third-order valence-corrected chi connectivity index (χ3v) is 3.47. The lowest BCUT2D eigenvalue weighted by Crippen LogP contribution is -2.00. The van der Waals surface area contributed by atoms with Crippen molar-refractivity contribution in [3.8, 4) is 5.75 Å². The molecule has 0 heterocycles. The Bertz CT molecular complexity index is 587. The van der Waals surface area contributed by atoms with Crippen LogP contribution in [0.25, 0.3) is 0 Å². The van der Waals surface area contributed by atoms with Gasteiger partial charge in [-0.3, -0.25) is 0 Å². The van der Waals surface area contributed by atoms with Crippen LogP contribution >= 0.6 is 34.8 Å². The van der Waals surface area contributed by atoms with Gasteiger partial charge in [-0.05, 0) is 35.9 Å². The highest BCUT2D eigenvalue weighted by molar-refractivity contribution is 6.36. The number of ether oxygens (including phenoxy) is 1. The Balaban J connectivity index is 2.08. The molecule has 0 aliphatic rings. The Labute approximate surface area is 127 Å². The molecule has 0 spiro atoms. The molecule has 1 N–H and O–H groups in total. The average molecular weight is 317 g/mol. The molecule has 0 aromatic heterocycles. The Morgan fingerprint density at radius 1 is 1.00 bits per heavy atom. The van der Waals surface area contributed by atoms with Crippen LogP contribution in [0.2, 0.25) is 15.1 Å². The average Bonchev–Trinajstić information content (AvgIpc) is 2.38. The molecule has 0 saturated carbocycles. The summed E-state index contributed by atoms with van der Waals surface area (Å²) >= 11 is 18.0. The minimum atomic E-state index is 0.587. The standard InChI is InChI=1S/C14H12Cl3NO/c1-19-14-5-2-9(6-12(14)17)8-18-13-4-3-10(15)7-11(13)16/h2-7,18H,8H2,1H3. The third-order valence-electron chi connectivity index (χ3n) is 2.63. The van der Waals surface area contributed by atoms with Crippen LogP contribution in [0.4, 0.5) is 5.69 Å². The summed E-state index contributed by atoms with van der Waals surface area (Å²) in [6.45, 7) is 0.616. The van der Waals surface area contributed by atoms with Crippen molar-refractivity contribution in [2.75, 3.05) is 12.4 Å². The maximum absolute atomic E-state index is 6.08. The normalized spacial score (nSPS) is 10.3. The van der Waals surface area contributed by atoms with Gasteiger partial charge in [0.15, 0.2) is 0 Å². The molecular weight excluding hydrogens is 305 g/mol. The molecular formula is C14H12Cl3NO. The molecule has 0 aliphatic carbocycles. The number of rotatable bonds is 4. The van der Waals surface area contributed by atoms with E-state index in [1.807, 2.05) is 24.3 Å². The van der Waals surface area contributed by atoms with Gasteiger partial charge in [0.25, 0.3) is 0 Å². The molecule has 0 unspecified atom stereocenters. The Hall–Kier alpha value is -1.09. The van der Waals surface area contributed by atoms with Crippen molar-refractivity contribution in [1.29, 1.82) is 0 Å². The van der Waals surface area contributed by atoms with Gasteiger partial charge in [-0.1, -0.05) is 40.9 Å². The zero-order valence-electron chi connectivity index (χ0n) is 10.2. The molecule has 5 heteroatoms. The van der Waals surface area contributed by atoms with Gasteiger partial charge in [0.2, 0.25) is 0 Å². The van der Waals surface area contributed by atoms with Crippen molar-refractivity contribution in [2.45, 2.75) is 6.54 Å². The zero-order chi connectivity index (χ0) is 13.8. The van der Waals surface area contributed by atoms with E-state index in [1.165, 1.54) is 0 Å². The van der Waals surface area contributed by atoms with Crippen LogP contribution in [0.15, 0.2) is 36.4 Å². The molecule has 0 bridgehead atoms. The van der Waals surface area contributed by atoms with Gasteiger partial charge >= 0.3 is 0 Å². The summed E-state index contributed by atoms with van der Waals surface area (Å²) in [5, 5.41) is 5.02. The zero-order valence-corrected chi connectivity index (χ0v) is 12.5.